The first-order valence-electron chi connectivity index (χ1n) is 5.50. The van der Waals surface area contributed by atoms with Crippen LogP contribution in [0, 0.1) is 0 Å². The summed E-state index contributed by atoms with van der Waals surface area (Å²) in [5.74, 6) is 0.664. The molecule has 0 amide bonds. The minimum Gasteiger partial charge on any atom is -0.340 e. The molecule has 1 aromatic carbocycles. The van der Waals surface area contributed by atoms with E-state index in [1.165, 1.54) is 11.9 Å². The molecule has 0 aliphatic carbocycles. The molecule has 0 bridgehead atoms. The molecule has 1 atom stereocenters. The highest BCUT2D eigenvalue weighted by atomic mass is 79.9. The highest BCUT2D eigenvalue weighted by Gasteiger charge is 2.08. The van der Waals surface area contributed by atoms with E-state index < -0.39 is 0 Å². The van der Waals surface area contributed by atoms with E-state index in [-0.39, 0.29) is 6.04 Å². The van der Waals surface area contributed by atoms with Gasteiger partial charge in [0.15, 0.2) is 6.33 Å². The minimum absolute atomic E-state index is 0.286. The summed E-state index contributed by atoms with van der Waals surface area (Å²) >= 11 is 3.55. The molecule has 0 aliphatic rings. The quantitative estimate of drug-likeness (QED) is 0.921. The lowest BCUT2D eigenvalue weighted by molar-refractivity contribution is 0.372. The van der Waals surface area contributed by atoms with Gasteiger partial charge in [0, 0.05) is 23.5 Å². The molecule has 5 heteroatoms. The van der Waals surface area contributed by atoms with Gasteiger partial charge in [-0.25, -0.2) is 0 Å². The predicted molar refractivity (Wildman–Crippen MR) is 68.6 cm³/mol. The second kappa shape index (κ2) is 5.93. The third-order valence-electron chi connectivity index (χ3n) is 2.57. The molecule has 1 unspecified atom stereocenters. The Morgan fingerprint density at radius 2 is 2.24 bits per heavy atom. The Bertz CT molecular complexity index is 459. The third kappa shape index (κ3) is 3.38. The number of hydrogen-bond acceptors (Lipinski definition) is 4. The second-order valence-electron chi connectivity index (χ2n) is 3.78. The van der Waals surface area contributed by atoms with Crippen molar-refractivity contribution in [2.24, 2.45) is 0 Å². The summed E-state index contributed by atoms with van der Waals surface area (Å²) in [6, 6.07) is 8.49. The topological polar surface area (TPSA) is 51.0 Å². The summed E-state index contributed by atoms with van der Waals surface area (Å²) in [6.45, 7) is 2.94. The van der Waals surface area contributed by atoms with Crippen LogP contribution in [-0.2, 0) is 6.42 Å². The van der Waals surface area contributed by atoms with Crippen molar-refractivity contribution in [3.05, 3.63) is 46.5 Å². The number of aromatic nitrogens is 2. The largest absolute Gasteiger partial charge is 0.340 e. The van der Waals surface area contributed by atoms with Crippen LogP contribution in [0.3, 0.4) is 0 Å². The lowest BCUT2D eigenvalue weighted by Gasteiger charge is -2.14. The molecule has 0 spiro atoms. The Morgan fingerprint density at radius 3 is 2.94 bits per heavy atom. The van der Waals surface area contributed by atoms with Gasteiger partial charge in [0.25, 0.3) is 0 Å². The zero-order chi connectivity index (χ0) is 12.1. The Morgan fingerprint density at radius 1 is 1.41 bits per heavy atom. The van der Waals surface area contributed by atoms with E-state index in [0.29, 0.717) is 5.89 Å². The molecule has 0 radical (unpaired) electrons. The van der Waals surface area contributed by atoms with E-state index in [1.54, 1.807) is 0 Å². The fraction of sp³-hybridized carbons (Fsp3) is 0.333. The first-order valence-corrected chi connectivity index (χ1v) is 6.30. The van der Waals surface area contributed by atoms with Crippen LogP contribution in [0.4, 0.5) is 0 Å². The van der Waals surface area contributed by atoms with Crippen LogP contribution in [-0.4, -0.2) is 16.7 Å². The molecule has 2 aromatic rings. The number of rotatable bonds is 5. The van der Waals surface area contributed by atoms with Crippen LogP contribution < -0.4 is 5.32 Å². The molecule has 0 saturated heterocycles. The monoisotopic (exact) mass is 295 g/mol. The van der Waals surface area contributed by atoms with Gasteiger partial charge in [-0.15, -0.1) is 0 Å². The van der Waals surface area contributed by atoms with E-state index in [0.717, 1.165) is 17.4 Å². The third-order valence-corrected chi connectivity index (χ3v) is 3.29. The van der Waals surface area contributed by atoms with Gasteiger partial charge in [-0.3, -0.25) is 0 Å². The van der Waals surface area contributed by atoms with E-state index in [9.17, 15) is 0 Å². The highest BCUT2D eigenvalue weighted by Crippen LogP contribution is 2.22. The summed E-state index contributed by atoms with van der Waals surface area (Å²) in [6.07, 6.45) is 2.17. The van der Waals surface area contributed by atoms with E-state index in [1.807, 2.05) is 18.2 Å². The maximum absolute atomic E-state index is 4.93. The molecule has 0 saturated carbocycles. The Labute approximate surface area is 109 Å². The van der Waals surface area contributed by atoms with Gasteiger partial charge in [-0.2, -0.15) is 4.98 Å². The first-order chi connectivity index (χ1) is 8.27. The molecule has 2 rings (SSSR count). The van der Waals surface area contributed by atoms with Gasteiger partial charge in [0.1, 0.15) is 0 Å². The summed E-state index contributed by atoms with van der Waals surface area (Å²) in [5, 5.41) is 6.99. The van der Waals surface area contributed by atoms with Crippen LogP contribution in [0.5, 0.6) is 0 Å². The number of hydrogen-bond donors (Lipinski definition) is 1. The fourth-order valence-corrected chi connectivity index (χ4v) is 2.27. The number of nitrogens with zero attached hydrogens (tertiary/aromatic N) is 2. The Kier molecular flexibility index (Phi) is 4.28. The molecular weight excluding hydrogens is 282 g/mol. The van der Waals surface area contributed by atoms with Crippen LogP contribution in [0.15, 0.2) is 39.6 Å². The van der Waals surface area contributed by atoms with Crippen molar-refractivity contribution < 1.29 is 4.52 Å². The summed E-state index contributed by atoms with van der Waals surface area (Å²) in [7, 11) is 0. The molecule has 4 nitrogen and oxygen atoms in total. The Balaban J connectivity index is 1.85. The van der Waals surface area contributed by atoms with Gasteiger partial charge in [0.2, 0.25) is 5.89 Å². The highest BCUT2D eigenvalue weighted by molar-refractivity contribution is 9.10. The smallest absolute Gasteiger partial charge is 0.227 e. The number of halogens is 1. The molecule has 1 heterocycles. The van der Waals surface area contributed by atoms with Crippen molar-refractivity contribution in [2.75, 3.05) is 6.54 Å². The lowest BCUT2D eigenvalue weighted by atomic mass is 10.1. The van der Waals surface area contributed by atoms with Crippen LogP contribution in [0.25, 0.3) is 0 Å². The maximum atomic E-state index is 4.93. The van der Waals surface area contributed by atoms with Gasteiger partial charge >= 0.3 is 0 Å². The van der Waals surface area contributed by atoms with Gasteiger partial charge < -0.3 is 9.84 Å². The van der Waals surface area contributed by atoms with E-state index in [2.05, 4.69) is 44.4 Å². The van der Waals surface area contributed by atoms with Crippen molar-refractivity contribution in [2.45, 2.75) is 19.4 Å². The van der Waals surface area contributed by atoms with Gasteiger partial charge in [0.05, 0.1) is 0 Å². The second-order valence-corrected chi connectivity index (χ2v) is 4.64. The Hall–Kier alpha value is -1.20. The SMILES string of the molecule is CC(NCCc1ncno1)c1ccccc1Br. The fourth-order valence-electron chi connectivity index (χ4n) is 1.64. The molecule has 90 valence electrons. The van der Waals surface area contributed by atoms with Gasteiger partial charge in [-0.05, 0) is 18.6 Å². The maximum Gasteiger partial charge on any atom is 0.227 e. The van der Waals surface area contributed by atoms with Crippen molar-refractivity contribution in [1.82, 2.24) is 15.5 Å². The van der Waals surface area contributed by atoms with E-state index >= 15 is 0 Å². The molecule has 17 heavy (non-hydrogen) atoms. The summed E-state index contributed by atoms with van der Waals surface area (Å²) < 4.78 is 6.06. The predicted octanol–water partition coefficient (Wildman–Crippen LogP) is 2.73. The standard InChI is InChI=1S/C12H14BrN3O/c1-9(10-4-2-3-5-11(10)13)14-7-6-12-15-8-16-17-12/h2-5,8-9,14H,6-7H2,1H3. The molecule has 1 N–H and O–H groups in total. The average molecular weight is 296 g/mol. The molecule has 0 fully saturated rings. The lowest BCUT2D eigenvalue weighted by Crippen LogP contribution is -2.21. The molecule has 0 aliphatic heterocycles. The van der Waals surface area contributed by atoms with E-state index in [4.69, 9.17) is 4.52 Å². The summed E-state index contributed by atoms with van der Waals surface area (Å²) in [4.78, 5) is 3.98. The number of benzene rings is 1. The van der Waals surface area contributed by atoms with Crippen LogP contribution in [0.2, 0.25) is 0 Å². The first kappa shape index (κ1) is 12.3. The van der Waals surface area contributed by atoms with Crippen LogP contribution in [0.1, 0.15) is 24.4 Å². The van der Waals surface area contributed by atoms with Crippen molar-refractivity contribution >= 4 is 15.9 Å². The van der Waals surface area contributed by atoms with Crippen molar-refractivity contribution in [3.63, 3.8) is 0 Å². The molecular formula is C12H14BrN3O. The van der Waals surface area contributed by atoms with Gasteiger partial charge in [-0.1, -0.05) is 39.3 Å². The molecule has 1 aromatic heterocycles. The summed E-state index contributed by atoms with van der Waals surface area (Å²) in [5.41, 5.74) is 1.25. The minimum atomic E-state index is 0.286. The number of nitrogens with one attached hydrogen (secondary N) is 1. The van der Waals surface area contributed by atoms with Crippen LogP contribution >= 0.6 is 15.9 Å². The normalized spacial score (nSPS) is 12.6. The zero-order valence-corrected chi connectivity index (χ0v) is 11.1. The van der Waals surface area contributed by atoms with Crippen molar-refractivity contribution in [1.29, 1.82) is 0 Å². The average Bonchev–Trinajstić information content (AvgIpc) is 2.82. The zero-order valence-electron chi connectivity index (χ0n) is 9.56. The van der Waals surface area contributed by atoms with Crippen molar-refractivity contribution in [3.8, 4) is 0 Å².